The summed E-state index contributed by atoms with van der Waals surface area (Å²) in [5, 5.41) is 3.08. The molecule has 1 aliphatic rings. The highest BCUT2D eigenvalue weighted by Gasteiger charge is 2.16. The lowest BCUT2D eigenvalue weighted by atomic mass is 9.95. The van der Waals surface area contributed by atoms with Gasteiger partial charge in [0.2, 0.25) is 5.91 Å². The van der Waals surface area contributed by atoms with E-state index in [0.717, 1.165) is 49.3 Å². The fourth-order valence-electron chi connectivity index (χ4n) is 2.95. The maximum Gasteiger partial charge on any atom is 0.224 e. The Hall–Kier alpha value is -1.35. The van der Waals surface area contributed by atoms with Gasteiger partial charge in [-0.2, -0.15) is 0 Å². The van der Waals surface area contributed by atoms with Gasteiger partial charge < -0.3 is 10.1 Å². The van der Waals surface area contributed by atoms with Crippen molar-refractivity contribution in [2.45, 2.75) is 46.5 Å². The minimum absolute atomic E-state index is 0.131. The van der Waals surface area contributed by atoms with Gasteiger partial charge in [-0.25, -0.2) is 0 Å². The van der Waals surface area contributed by atoms with Gasteiger partial charge >= 0.3 is 0 Å². The molecule has 2 rings (SSSR count). The van der Waals surface area contributed by atoms with Gasteiger partial charge in [-0.15, -0.1) is 0 Å². The molecular weight excluding hydrogens is 250 g/mol. The molecule has 0 saturated carbocycles. The number of anilines is 1. The zero-order chi connectivity index (χ0) is 14.5. The lowest BCUT2D eigenvalue weighted by Gasteiger charge is -2.21. The Balaban J connectivity index is 1.88. The third-order valence-electron chi connectivity index (χ3n) is 4.06. The first-order chi connectivity index (χ1) is 9.56. The molecule has 3 nitrogen and oxygen atoms in total. The number of ether oxygens (including phenoxy) is 1. The molecule has 3 heteroatoms. The monoisotopic (exact) mass is 275 g/mol. The van der Waals surface area contributed by atoms with E-state index < -0.39 is 0 Å². The van der Waals surface area contributed by atoms with Crippen LogP contribution in [0, 0.1) is 26.7 Å². The van der Waals surface area contributed by atoms with Crippen molar-refractivity contribution < 1.29 is 9.53 Å². The summed E-state index contributed by atoms with van der Waals surface area (Å²) in [5.74, 6) is 0.779. The molecule has 0 spiro atoms. The van der Waals surface area contributed by atoms with Gasteiger partial charge in [-0.3, -0.25) is 4.79 Å². The van der Waals surface area contributed by atoms with E-state index in [4.69, 9.17) is 4.74 Å². The zero-order valence-electron chi connectivity index (χ0n) is 12.8. The SMILES string of the molecule is Cc1cc(C)c(NC(=O)CCC2CCOCC2)c(C)c1. The second kappa shape index (κ2) is 6.89. The van der Waals surface area contributed by atoms with Gasteiger partial charge in [0.05, 0.1) is 0 Å². The lowest BCUT2D eigenvalue weighted by molar-refractivity contribution is -0.116. The summed E-state index contributed by atoms with van der Waals surface area (Å²) in [4.78, 5) is 12.1. The Morgan fingerprint density at radius 2 is 1.80 bits per heavy atom. The highest BCUT2D eigenvalue weighted by Crippen LogP contribution is 2.24. The molecule has 0 unspecified atom stereocenters. The molecule has 1 aliphatic heterocycles. The molecule has 1 amide bonds. The molecule has 0 aliphatic carbocycles. The summed E-state index contributed by atoms with van der Waals surface area (Å²) < 4.78 is 5.34. The number of hydrogen-bond donors (Lipinski definition) is 1. The van der Waals surface area contributed by atoms with Crippen LogP contribution >= 0.6 is 0 Å². The summed E-state index contributed by atoms with van der Waals surface area (Å²) in [6, 6.07) is 4.22. The Labute approximate surface area is 121 Å². The average molecular weight is 275 g/mol. The van der Waals surface area contributed by atoms with Crippen molar-refractivity contribution in [2.24, 2.45) is 5.92 Å². The molecule has 1 saturated heterocycles. The fourth-order valence-corrected chi connectivity index (χ4v) is 2.95. The van der Waals surface area contributed by atoms with Crippen molar-refractivity contribution in [3.63, 3.8) is 0 Å². The molecule has 1 fully saturated rings. The highest BCUT2D eigenvalue weighted by atomic mass is 16.5. The molecule has 1 aromatic carbocycles. The first kappa shape index (κ1) is 15.0. The van der Waals surface area contributed by atoms with E-state index >= 15 is 0 Å². The van der Waals surface area contributed by atoms with Gasteiger partial charge in [0.1, 0.15) is 0 Å². The Kier molecular flexibility index (Phi) is 5.18. The van der Waals surface area contributed by atoms with Gasteiger partial charge in [-0.1, -0.05) is 17.7 Å². The largest absolute Gasteiger partial charge is 0.381 e. The molecule has 0 atom stereocenters. The second-order valence-electron chi connectivity index (χ2n) is 5.92. The summed E-state index contributed by atoms with van der Waals surface area (Å²) in [6.45, 7) is 7.88. The average Bonchev–Trinajstić information content (AvgIpc) is 2.42. The summed E-state index contributed by atoms with van der Waals surface area (Å²) in [7, 11) is 0. The minimum atomic E-state index is 0.131. The lowest BCUT2D eigenvalue weighted by Crippen LogP contribution is -2.19. The van der Waals surface area contributed by atoms with Gasteiger partial charge in [0.25, 0.3) is 0 Å². The molecule has 0 bridgehead atoms. The first-order valence-electron chi connectivity index (χ1n) is 7.51. The van der Waals surface area contributed by atoms with Crippen LogP contribution in [-0.2, 0) is 9.53 Å². The van der Waals surface area contributed by atoms with Crippen molar-refractivity contribution in [2.75, 3.05) is 18.5 Å². The van der Waals surface area contributed by atoms with Crippen LogP contribution in [0.2, 0.25) is 0 Å². The number of hydrogen-bond acceptors (Lipinski definition) is 2. The Morgan fingerprint density at radius 1 is 1.20 bits per heavy atom. The topological polar surface area (TPSA) is 38.3 Å². The number of rotatable bonds is 4. The van der Waals surface area contributed by atoms with Crippen LogP contribution in [0.15, 0.2) is 12.1 Å². The normalized spacial score (nSPS) is 16.1. The predicted octanol–water partition coefficient (Wildman–Crippen LogP) is 3.76. The highest BCUT2D eigenvalue weighted by molar-refractivity contribution is 5.92. The van der Waals surface area contributed by atoms with Crippen LogP contribution < -0.4 is 5.32 Å². The molecule has 110 valence electrons. The zero-order valence-corrected chi connectivity index (χ0v) is 12.8. The Bertz CT molecular complexity index is 453. The predicted molar refractivity (Wildman–Crippen MR) is 82.1 cm³/mol. The Morgan fingerprint density at radius 3 is 2.40 bits per heavy atom. The van der Waals surface area contributed by atoms with Crippen molar-refractivity contribution in [3.05, 3.63) is 28.8 Å². The van der Waals surface area contributed by atoms with Crippen LogP contribution in [0.25, 0.3) is 0 Å². The molecular formula is C17H25NO2. The molecule has 0 aromatic heterocycles. The quantitative estimate of drug-likeness (QED) is 0.908. The van der Waals surface area contributed by atoms with E-state index in [1.54, 1.807) is 0 Å². The fraction of sp³-hybridized carbons (Fsp3) is 0.588. The number of aryl methyl sites for hydroxylation is 3. The van der Waals surface area contributed by atoms with Crippen molar-refractivity contribution in [3.8, 4) is 0 Å². The molecule has 1 N–H and O–H groups in total. The maximum absolute atomic E-state index is 12.1. The number of carbonyl (C=O) groups is 1. The van der Waals surface area contributed by atoms with E-state index in [2.05, 4.69) is 24.4 Å². The van der Waals surface area contributed by atoms with Crippen molar-refractivity contribution in [1.82, 2.24) is 0 Å². The third-order valence-corrected chi connectivity index (χ3v) is 4.06. The molecule has 0 radical (unpaired) electrons. The molecule has 20 heavy (non-hydrogen) atoms. The van der Waals surface area contributed by atoms with Gasteiger partial charge in [-0.05, 0) is 57.1 Å². The number of nitrogens with one attached hydrogen (secondary N) is 1. The summed E-state index contributed by atoms with van der Waals surface area (Å²) in [6.07, 6.45) is 3.77. The number of benzene rings is 1. The second-order valence-corrected chi connectivity index (χ2v) is 5.92. The number of carbonyl (C=O) groups excluding carboxylic acids is 1. The summed E-state index contributed by atoms with van der Waals surface area (Å²) in [5.41, 5.74) is 4.50. The van der Waals surface area contributed by atoms with Crippen LogP contribution in [0.1, 0.15) is 42.4 Å². The minimum Gasteiger partial charge on any atom is -0.381 e. The van der Waals surface area contributed by atoms with Crippen LogP contribution in [-0.4, -0.2) is 19.1 Å². The van der Waals surface area contributed by atoms with E-state index in [-0.39, 0.29) is 5.91 Å². The van der Waals surface area contributed by atoms with E-state index in [1.165, 1.54) is 5.56 Å². The van der Waals surface area contributed by atoms with E-state index in [0.29, 0.717) is 12.3 Å². The molecule has 1 heterocycles. The maximum atomic E-state index is 12.1. The van der Waals surface area contributed by atoms with Crippen LogP contribution in [0.5, 0.6) is 0 Å². The first-order valence-corrected chi connectivity index (χ1v) is 7.51. The van der Waals surface area contributed by atoms with E-state index in [9.17, 15) is 4.79 Å². The van der Waals surface area contributed by atoms with E-state index in [1.807, 2.05) is 13.8 Å². The van der Waals surface area contributed by atoms with Gasteiger partial charge in [0, 0.05) is 25.3 Å². The standard InChI is InChI=1S/C17H25NO2/c1-12-10-13(2)17(14(3)11-12)18-16(19)5-4-15-6-8-20-9-7-15/h10-11,15H,4-9H2,1-3H3,(H,18,19). The number of amides is 1. The van der Waals surface area contributed by atoms with Crippen LogP contribution in [0.3, 0.4) is 0 Å². The summed E-state index contributed by atoms with van der Waals surface area (Å²) >= 11 is 0. The van der Waals surface area contributed by atoms with Crippen molar-refractivity contribution >= 4 is 11.6 Å². The molecule has 1 aromatic rings. The van der Waals surface area contributed by atoms with Gasteiger partial charge in [0.15, 0.2) is 0 Å². The van der Waals surface area contributed by atoms with Crippen molar-refractivity contribution in [1.29, 1.82) is 0 Å². The van der Waals surface area contributed by atoms with Crippen LogP contribution in [0.4, 0.5) is 5.69 Å². The third kappa shape index (κ3) is 4.07. The smallest absolute Gasteiger partial charge is 0.224 e.